The van der Waals surface area contributed by atoms with E-state index in [2.05, 4.69) is 40.1 Å². The van der Waals surface area contributed by atoms with Crippen LogP contribution in [0.3, 0.4) is 0 Å². The summed E-state index contributed by atoms with van der Waals surface area (Å²) in [6.45, 7) is 6.20. The SMILES string of the molecule is CCC(CCBr)NCC1CN(C)CCO1. The Morgan fingerprint density at radius 1 is 1.60 bits per heavy atom. The summed E-state index contributed by atoms with van der Waals surface area (Å²) in [6.07, 6.45) is 2.75. The summed E-state index contributed by atoms with van der Waals surface area (Å²) in [5, 5.41) is 4.65. The van der Waals surface area contributed by atoms with Gasteiger partial charge in [0, 0.05) is 31.0 Å². The Bertz CT molecular complexity index is 169. The molecule has 0 aromatic rings. The summed E-state index contributed by atoms with van der Waals surface area (Å²) in [5.41, 5.74) is 0. The lowest BCUT2D eigenvalue weighted by molar-refractivity contribution is -0.0193. The Balaban J connectivity index is 2.16. The lowest BCUT2D eigenvalue weighted by Gasteiger charge is -2.31. The molecule has 0 saturated carbocycles. The first kappa shape index (κ1) is 13.4. The molecule has 0 bridgehead atoms. The highest BCUT2D eigenvalue weighted by molar-refractivity contribution is 9.09. The largest absolute Gasteiger partial charge is 0.374 e. The van der Waals surface area contributed by atoms with Crippen LogP contribution in [0.4, 0.5) is 0 Å². The Kier molecular flexibility index (Phi) is 6.81. The minimum atomic E-state index is 0.369. The minimum absolute atomic E-state index is 0.369. The standard InChI is InChI=1S/C11H23BrN2O/c1-3-10(4-5-12)13-8-11-9-14(2)6-7-15-11/h10-11,13H,3-9H2,1-2H3. The van der Waals surface area contributed by atoms with E-state index in [0.717, 1.165) is 31.6 Å². The first-order valence-electron chi connectivity index (χ1n) is 5.85. The van der Waals surface area contributed by atoms with Crippen LogP contribution in [0.25, 0.3) is 0 Å². The first-order chi connectivity index (χ1) is 7.26. The van der Waals surface area contributed by atoms with Crippen molar-refractivity contribution in [1.82, 2.24) is 10.2 Å². The third-order valence-electron chi connectivity index (χ3n) is 2.93. The molecule has 90 valence electrons. The molecule has 1 N–H and O–H groups in total. The van der Waals surface area contributed by atoms with Crippen molar-refractivity contribution in [2.45, 2.75) is 31.9 Å². The van der Waals surface area contributed by atoms with Crippen LogP contribution in [-0.2, 0) is 4.74 Å². The predicted molar refractivity (Wildman–Crippen MR) is 67.7 cm³/mol. The molecule has 2 unspecified atom stereocenters. The van der Waals surface area contributed by atoms with Gasteiger partial charge in [0.05, 0.1) is 12.7 Å². The van der Waals surface area contributed by atoms with Gasteiger partial charge < -0.3 is 15.0 Å². The van der Waals surface area contributed by atoms with Crippen LogP contribution in [0, 0.1) is 0 Å². The fraction of sp³-hybridized carbons (Fsp3) is 1.00. The fourth-order valence-corrected chi connectivity index (χ4v) is 2.42. The number of morpholine rings is 1. The van der Waals surface area contributed by atoms with Crippen LogP contribution >= 0.6 is 15.9 Å². The maximum atomic E-state index is 5.71. The highest BCUT2D eigenvalue weighted by Crippen LogP contribution is 2.04. The van der Waals surface area contributed by atoms with Crippen molar-refractivity contribution >= 4 is 15.9 Å². The van der Waals surface area contributed by atoms with Gasteiger partial charge in [-0.15, -0.1) is 0 Å². The van der Waals surface area contributed by atoms with Gasteiger partial charge in [-0.3, -0.25) is 0 Å². The van der Waals surface area contributed by atoms with Gasteiger partial charge in [0.2, 0.25) is 0 Å². The lowest BCUT2D eigenvalue weighted by atomic mass is 10.1. The zero-order chi connectivity index (χ0) is 11.1. The molecule has 1 aliphatic rings. The van der Waals surface area contributed by atoms with Crippen LogP contribution < -0.4 is 5.32 Å². The number of rotatable bonds is 6. The van der Waals surface area contributed by atoms with Crippen molar-refractivity contribution in [3.05, 3.63) is 0 Å². The Labute approximate surface area is 102 Å². The molecule has 1 heterocycles. The molecule has 0 aromatic heterocycles. The second kappa shape index (κ2) is 7.60. The van der Waals surface area contributed by atoms with E-state index in [4.69, 9.17) is 4.74 Å². The van der Waals surface area contributed by atoms with Crippen LogP contribution in [0.15, 0.2) is 0 Å². The molecule has 1 fully saturated rings. The van der Waals surface area contributed by atoms with Gasteiger partial charge in [0.25, 0.3) is 0 Å². The molecule has 0 amide bonds. The molecule has 1 rings (SSSR count). The molecule has 4 heteroatoms. The second-order valence-electron chi connectivity index (χ2n) is 4.25. The smallest absolute Gasteiger partial charge is 0.0826 e. The van der Waals surface area contributed by atoms with Gasteiger partial charge in [-0.1, -0.05) is 22.9 Å². The molecular weight excluding hydrogens is 256 g/mol. The molecule has 0 aliphatic carbocycles. The normalized spacial score (nSPS) is 25.4. The highest BCUT2D eigenvalue weighted by Gasteiger charge is 2.18. The van der Waals surface area contributed by atoms with Gasteiger partial charge in [-0.2, -0.15) is 0 Å². The molecule has 15 heavy (non-hydrogen) atoms. The number of hydrogen-bond acceptors (Lipinski definition) is 3. The van der Waals surface area contributed by atoms with Crippen LogP contribution in [0.2, 0.25) is 0 Å². The summed E-state index contributed by atoms with van der Waals surface area (Å²) in [4.78, 5) is 2.33. The molecule has 0 aromatic carbocycles. The zero-order valence-electron chi connectivity index (χ0n) is 9.84. The number of nitrogens with one attached hydrogen (secondary N) is 1. The van der Waals surface area contributed by atoms with Crippen molar-refractivity contribution in [3.63, 3.8) is 0 Å². The lowest BCUT2D eigenvalue weighted by Crippen LogP contribution is -2.46. The van der Waals surface area contributed by atoms with Crippen molar-refractivity contribution in [2.75, 3.05) is 38.6 Å². The van der Waals surface area contributed by atoms with Crippen LogP contribution in [0.5, 0.6) is 0 Å². The number of halogens is 1. The minimum Gasteiger partial charge on any atom is -0.374 e. The van der Waals surface area contributed by atoms with E-state index in [1.165, 1.54) is 12.8 Å². The molecule has 0 spiro atoms. The van der Waals surface area contributed by atoms with Gasteiger partial charge in [-0.05, 0) is 19.9 Å². The van der Waals surface area contributed by atoms with E-state index >= 15 is 0 Å². The van der Waals surface area contributed by atoms with Crippen molar-refractivity contribution in [3.8, 4) is 0 Å². The van der Waals surface area contributed by atoms with Crippen molar-refractivity contribution < 1.29 is 4.74 Å². The highest BCUT2D eigenvalue weighted by atomic mass is 79.9. The van der Waals surface area contributed by atoms with E-state index in [-0.39, 0.29) is 0 Å². The molecular formula is C11H23BrN2O. The number of likely N-dealkylation sites (N-methyl/N-ethyl adjacent to an activating group) is 1. The van der Waals surface area contributed by atoms with Gasteiger partial charge in [0.1, 0.15) is 0 Å². The van der Waals surface area contributed by atoms with E-state index in [1.54, 1.807) is 0 Å². The summed E-state index contributed by atoms with van der Waals surface area (Å²) >= 11 is 3.49. The summed E-state index contributed by atoms with van der Waals surface area (Å²) in [7, 11) is 2.16. The Hall–Kier alpha value is 0.360. The van der Waals surface area contributed by atoms with E-state index in [9.17, 15) is 0 Å². The third kappa shape index (κ3) is 5.29. The monoisotopic (exact) mass is 278 g/mol. The summed E-state index contributed by atoms with van der Waals surface area (Å²) in [6, 6.07) is 0.625. The molecule has 3 nitrogen and oxygen atoms in total. The van der Waals surface area contributed by atoms with Crippen LogP contribution in [-0.4, -0.2) is 55.7 Å². The summed E-state index contributed by atoms with van der Waals surface area (Å²) in [5.74, 6) is 0. The quantitative estimate of drug-likeness (QED) is 0.745. The molecule has 0 radical (unpaired) electrons. The maximum Gasteiger partial charge on any atom is 0.0826 e. The number of alkyl halides is 1. The second-order valence-corrected chi connectivity index (χ2v) is 5.04. The van der Waals surface area contributed by atoms with E-state index < -0.39 is 0 Å². The zero-order valence-corrected chi connectivity index (χ0v) is 11.4. The van der Waals surface area contributed by atoms with Crippen LogP contribution in [0.1, 0.15) is 19.8 Å². The number of hydrogen-bond donors (Lipinski definition) is 1. The molecule has 1 saturated heterocycles. The van der Waals surface area contributed by atoms with Gasteiger partial charge in [0.15, 0.2) is 0 Å². The topological polar surface area (TPSA) is 24.5 Å². The van der Waals surface area contributed by atoms with Gasteiger partial charge >= 0.3 is 0 Å². The summed E-state index contributed by atoms with van der Waals surface area (Å²) < 4.78 is 5.71. The maximum absolute atomic E-state index is 5.71. The third-order valence-corrected chi connectivity index (χ3v) is 3.38. The van der Waals surface area contributed by atoms with E-state index in [1.807, 2.05) is 0 Å². The predicted octanol–water partition coefficient (Wildman–Crippen LogP) is 1.47. The Morgan fingerprint density at radius 2 is 2.40 bits per heavy atom. The average molecular weight is 279 g/mol. The number of nitrogens with zero attached hydrogens (tertiary/aromatic N) is 1. The Morgan fingerprint density at radius 3 is 3.00 bits per heavy atom. The van der Waals surface area contributed by atoms with Gasteiger partial charge in [-0.25, -0.2) is 0 Å². The fourth-order valence-electron chi connectivity index (χ4n) is 1.87. The first-order valence-corrected chi connectivity index (χ1v) is 6.98. The molecule has 1 aliphatic heterocycles. The number of ether oxygens (including phenoxy) is 1. The van der Waals surface area contributed by atoms with E-state index in [0.29, 0.717) is 12.1 Å². The molecule has 2 atom stereocenters. The van der Waals surface area contributed by atoms with Crippen molar-refractivity contribution in [1.29, 1.82) is 0 Å². The van der Waals surface area contributed by atoms with Crippen molar-refractivity contribution in [2.24, 2.45) is 0 Å². The average Bonchev–Trinajstić information content (AvgIpc) is 2.24.